The van der Waals surface area contributed by atoms with E-state index in [1.54, 1.807) is 37.2 Å². The molecule has 0 radical (unpaired) electrons. The van der Waals surface area contributed by atoms with E-state index in [0.717, 1.165) is 17.2 Å². The standard InChI is InChI=1S/C18H21F3N2O/c1-12-5-6-15(7-13(12)2)17(24)9-14(11-23(3)4)8-16(10-22)18(19,20)21/h5-10,22H,11H2,1-4H3/b14-9+,16-8+,22-10?. The van der Waals surface area contributed by atoms with Gasteiger partial charge < -0.3 is 10.3 Å². The summed E-state index contributed by atoms with van der Waals surface area (Å²) < 4.78 is 38.5. The third-order valence-electron chi connectivity index (χ3n) is 3.43. The number of benzene rings is 1. The molecule has 1 rings (SSSR count). The number of alkyl halides is 3. The van der Waals surface area contributed by atoms with Crippen molar-refractivity contribution in [2.24, 2.45) is 0 Å². The molecule has 0 bridgehead atoms. The van der Waals surface area contributed by atoms with E-state index in [0.29, 0.717) is 5.56 Å². The third-order valence-corrected chi connectivity index (χ3v) is 3.43. The molecule has 0 saturated heterocycles. The summed E-state index contributed by atoms with van der Waals surface area (Å²) in [6.45, 7) is 3.94. The Labute approximate surface area is 140 Å². The highest BCUT2D eigenvalue weighted by atomic mass is 19.4. The molecule has 1 aromatic rings. The number of hydrogen-bond donors (Lipinski definition) is 1. The Balaban J connectivity index is 3.26. The lowest BCUT2D eigenvalue weighted by molar-refractivity contribution is -0.0857. The van der Waals surface area contributed by atoms with Gasteiger partial charge >= 0.3 is 6.18 Å². The highest BCUT2D eigenvalue weighted by Gasteiger charge is 2.32. The molecule has 0 aromatic heterocycles. The second kappa shape index (κ2) is 8.06. The van der Waals surface area contributed by atoms with Crippen LogP contribution in [0.1, 0.15) is 21.5 Å². The maximum Gasteiger partial charge on any atom is 0.417 e. The topological polar surface area (TPSA) is 44.2 Å². The molecule has 0 atom stereocenters. The SMILES string of the molecule is Cc1ccc(C(=O)/C=C(\C=C(/C=N)C(F)(F)F)CN(C)C)cc1C. The number of halogens is 3. The number of carbonyl (C=O) groups excluding carboxylic acids is 1. The lowest BCUT2D eigenvalue weighted by Crippen LogP contribution is -2.18. The van der Waals surface area contributed by atoms with Gasteiger partial charge in [-0.3, -0.25) is 4.79 Å². The first-order valence-corrected chi connectivity index (χ1v) is 7.31. The molecule has 6 heteroatoms. The highest BCUT2D eigenvalue weighted by Crippen LogP contribution is 2.25. The molecule has 0 unspecified atom stereocenters. The molecule has 130 valence electrons. The van der Waals surface area contributed by atoms with E-state index in [-0.39, 0.29) is 24.1 Å². The first kappa shape index (κ1) is 19.8. The molecule has 0 spiro atoms. The van der Waals surface area contributed by atoms with Crippen LogP contribution in [0.3, 0.4) is 0 Å². The van der Waals surface area contributed by atoms with Crippen molar-refractivity contribution >= 4 is 12.0 Å². The lowest BCUT2D eigenvalue weighted by Gasteiger charge is -2.13. The fourth-order valence-corrected chi connectivity index (χ4v) is 2.05. The molecular formula is C18H21F3N2O. The largest absolute Gasteiger partial charge is 0.417 e. The van der Waals surface area contributed by atoms with E-state index in [1.807, 2.05) is 13.8 Å². The lowest BCUT2D eigenvalue weighted by atomic mass is 10.0. The zero-order valence-corrected chi connectivity index (χ0v) is 14.2. The van der Waals surface area contributed by atoms with Crippen LogP contribution in [0.5, 0.6) is 0 Å². The van der Waals surface area contributed by atoms with Gasteiger partial charge in [-0.1, -0.05) is 12.1 Å². The van der Waals surface area contributed by atoms with Crippen molar-refractivity contribution in [3.63, 3.8) is 0 Å². The van der Waals surface area contributed by atoms with Gasteiger partial charge in [-0.05, 0) is 62.9 Å². The van der Waals surface area contributed by atoms with Crippen LogP contribution < -0.4 is 0 Å². The maximum absolute atomic E-state index is 12.8. The van der Waals surface area contributed by atoms with Crippen LogP contribution in [0.25, 0.3) is 0 Å². The molecule has 0 heterocycles. The van der Waals surface area contributed by atoms with E-state index in [4.69, 9.17) is 5.41 Å². The summed E-state index contributed by atoms with van der Waals surface area (Å²) in [7, 11) is 3.39. The molecule has 3 nitrogen and oxygen atoms in total. The van der Waals surface area contributed by atoms with Gasteiger partial charge in [0, 0.05) is 18.3 Å². The van der Waals surface area contributed by atoms with E-state index in [1.165, 1.54) is 6.08 Å². The summed E-state index contributed by atoms with van der Waals surface area (Å²) in [6.07, 6.45) is -2.34. The Hall–Kier alpha value is -2.21. The molecule has 0 saturated carbocycles. The monoisotopic (exact) mass is 338 g/mol. The molecule has 1 N–H and O–H groups in total. The molecular weight excluding hydrogens is 317 g/mol. The molecule has 24 heavy (non-hydrogen) atoms. The van der Waals surface area contributed by atoms with Crippen LogP contribution in [0.4, 0.5) is 13.2 Å². The average Bonchev–Trinajstić information content (AvgIpc) is 2.45. The van der Waals surface area contributed by atoms with Crippen LogP contribution in [-0.2, 0) is 0 Å². The summed E-state index contributed by atoms with van der Waals surface area (Å²) >= 11 is 0. The maximum atomic E-state index is 12.8. The minimum absolute atomic E-state index is 0.157. The normalized spacial score (nSPS) is 13.3. The summed E-state index contributed by atoms with van der Waals surface area (Å²) in [5.41, 5.74) is 1.50. The highest BCUT2D eigenvalue weighted by molar-refractivity contribution is 6.05. The number of aryl methyl sites for hydroxylation is 2. The first-order chi connectivity index (χ1) is 11.0. The van der Waals surface area contributed by atoms with Crippen molar-refractivity contribution in [3.05, 3.63) is 58.2 Å². The van der Waals surface area contributed by atoms with Crippen molar-refractivity contribution in [2.75, 3.05) is 20.6 Å². The minimum Gasteiger partial charge on any atom is -0.308 e. The van der Waals surface area contributed by atoms with E-state index in [9.17, 15) is 18.0 Å². The van der Waals surface area contributed by atoms with Crippen LogP contribution in [0.2, 0.25) is 0 Å². The predicted octanol–water partition coefficient (Wildman–Crippen LogP) is 4.11. The van der Waals surface area contributed by atoms with E-state index in [2.05, 4.69) is 0 Å². The smallest absolute Gasteiger partial charge is 0.308 e. The first-order valence-electron chi connectivity index (χ1n) is 7.31. The zero-order chi connectivity index (χ0) is 18.5. The Kier molecular flexibility index (Phi) is 6.66. The average molecular weight is 338 g/mol. The van der Waals surface area contributed by atoms with Crippen LogP contribution in [0, 0.1) is 19.3 Å². The minimum atomic E-state index is -4.63. The number of likely N-dealkylation sites (N-methyl/N-ethyl adjacent to an activating group) is 1. The van der Waals surface area contributed by atoms with Crippen molar-refractivity contribution in [3.8, 4) is 0 Å². The van der Waals surface area contributed by atoms with Gasteiger partial charge in [0.15, 0.2) is 5.78 Å². The van der Waals surface area contributed by atoms with Crippen LogP contribution in [-0.4, -0.2) is 43.7 Å². The summed E-state index contributed by atoms with van der Waals surface area (Å²) in [4.78, 5) is 14.0. The van der Waals surface area contributed by atoms with Crippen LogP contribution in [0.15, 0.2) is 41.5 Å². The van der Waals surface area contributed by atoms with Crippen molar-refractivity contribution < 1.29 is 18.0 Å². The molecule has 0 amide bonds. The number of hydrogen-bond acceptors (Lipinski definition) is 3. The quantitative estimate of drug-likeness (QED) is 0.367. The number of rotatable bonds is 6. The molecule has 1 aromatic carbocycles. The number of nitrogens with one attached hydrogen (secondary N) is 1. The molecule has 0 aliphatic rings. The Bertz CT molecular complexity index is 686. The Morgan fingerprint density at radius 2 is 1.79 bits per heavy atom. The molecule has 0 aliphatic heterocycles. The van der Waals surface area contributed by atoms with E-state index < -0.39 is 11.7 Å². The second-order valence-electron chi connectivity index (χ2n) is 5.86. The van der Waals surface area contributed by atoms with Gasteiger partial charge in [-0.2, -0.15) is 13.2 Å². The van der Waals surface area contributed by atoms with E-state index >= 15 is 0 Å². The van der Waals surface area contributed by atoms with Crippen LogP contribution >= 0.6 is 0 Å². The third kappa shape index (κ3) is 5.77. The summed E-state index contributed by atoms with van der Waals surface area (Å²) in [5.74, 6) is -0.363. The number of ketones is 1. The predicted molar refractivity (Wildman–Crippen MR) is 89.8 cm³/mol. The second-order valence-corrected chi connectivity index (χ2v) is 5.86. The van der Waals surface area contributed by atoms with Gasteiger partial charge in [0.1, 0.15) is 0 Å². The zero-order valence-electron chi connectivity index (χ0n) is 14.2. The summed E-state index contributed by atoms with van der Waals surface area (Å²) in [5, 5.41) is 6.95. The van der Waals surface area contributed by atoms with Crippen molar-refractivity contribution in [1.29, 1.82) is 5.41 Å². The van der Waals surface area contributed by atoms with Crippen molar-refractivity contribution in [1.82, 2.24) is 4.90 Å². The fraction of sp³-hybridized carbons (Fsp3) is 0.333. The van der Waals surface area contributed by atoms with Crippen molar-refractivity contribution in [2.45, 2.75) is 20.0 Å². The molecule has 0 fully saturated rings. The Morgan fingerprint density at radius 1 is 1.17 bits per heavy atom. The number of allylic oxidation sites excluding steroid dienone is 2. The van der Waals surface area contributed by atoms with Gasteiger partial charge in [0.2, 0.25) is 0 Å². The van der Waals surface area contributed by atoms with Gasteiger partial charge in [0.05, 0.1) is 5.57 Å². The Morgan fingerprint density at radius 3 is 2.25 bits per heavy atom. The van der Waals surface area contributed by atoms with Gasteiger partial charge in [-0.25, -0.2) is 0 Å². The molecule has 0 aliphatic carbocycles. The number of nitrogens with zero attached hydrogens (tertiary/aromatic N) is 1. The van der Waals surface area contributed by atoms with Gasteiger partial charge in [0.25, 0.3) is 0 Å². The fourth-order valence-electron chi connectivity index (χ4n) is 2.05. The summed E-state index contributed by atoms with van der Waals surface area (Å²) in [6, 6.07) is 5.17. The van der Waals surface area contributed by atoms with Gasteiger partial charge in [-0.15, -0.1) is 0 Å². The number of carbonyl (C=O) groups is 1.